The molecule has 4 nitrogen and oxygen atoms in total. The molecule has 0 aromatic heterocycles. The number of hydrogen-bond acceptors (Lipinski definition) is 4. The number of methoxy groups -OCH3 is 1. The summed E-state index contributed by atoms with van der Waals surface area (Å²) in [6.45, 7) is 3.09. The first-order chi connectivity index (χ1) is 8.27. The van der Waals surface area contributed by atoms with Gasteiger partial charge in [-0.3, -0.25) is 4.79 Å². The Morgan fingerprint density at radius 1 is 1.39 bits per heavy atom. The fraction of sp³-hybridized carbons (Fsp3) is 0.417. The second-order valence-electron chi connectivity index (χ2n) is 4.13. The monoisotopic (exact) mass is 290 g/mol. The number of ether oxygens (including phenoxy) is 1. The summed E-state index contributed by atoms with van der Waals surface area (Å²) in [7, 11) is -1.93. The van der Waals surface area contributed by atoms with Gasteiger partial charge in [0.1, 0.15) is 11.5 Å². The lowest BCUT2D eigenvalue weighted by atomic mass is 10.1. The molecule has 0 spiro atoms. The van der Waals surface area contributed by atoms with E-state index < -0.39 is 26.6 Å². The van der Waals surface area contributed by atoms with Gasteiger partial charge in [0.2, 0.25) is 0 Å². The van der Waals surface area contributed by atoms with Crippen molar-refractivity contribution in [3.8, 4) is 5.75 Å². The fourth-order valence-electron chi connectivity index (χ4n) is 1.27. The maximum atomic E-state index is 11.8. The van der Waals surface area contributed by atoms with Crippen LogP contribution in [0.3, 0.4) is 0 Å². The third kappa shape index (κ3) is 3.46. The van der Waals surface area contributed by atoms with Crippen molar-refractivity contribution in [2.45, 2.75) is 19.1 Å². The van der Waals surface area contributed by atoms with Crippen LogP contribution in [0.5, 0.6) is 5.75 Å². The van der Waals surface area contributed by atoms with Gasteiger partial charge in [0.15, 0.2) is 15.6 Å². The Labute approximate surface area is 112 Å². The van der Waals surface area contributed by atoms with Crippen LogP contribution in [-0.2, 0) is 9.84 Å². The molecule has 1 rings (SSSR count). The number of sulfone groups is 1. The van der Waals surface area contributed by atoms with Crippen LogP contribution in [0.2, 0.25) is 5.02 Å². The third-order valence-corrected chi connectivity index (χ3v) is 4.92. The summed E-state index contributed by atoms with van der Waals surface area (Å²) >= 11 is 5.88. The number of hydrogen-bond donors (Lipinski definition) is 0. The first-order valence-electron chi connectivity index (χ1n) is 5.36. The smallest absolute Gasteiger partial charge is 0.177 e. The molecular weight excluding hydrogens is 276 g/mol. The summed E-state index contributed by atoms with van der Waals surface area (Å²) in [4.78, 5) is 11.8. The van der Waals surface area contributed by atoms with Gasteiger partial charge in [0.05, 0.1) is 17.4 Å². The topological polar surface area (TPSA) is 60.4 Å². The van der Waals surface area contributed by atoms with Crippen molar-refractivity contribution in [1.29, 1.82) is 0 Å². The van der Waals surface area contributed by atoms with Gasteiger partial charge in [-0.15, -0.1) is 0 Å². The summed E-state index contributed by atoms with van der Waals surface area (Å²) in [5, 5.41) is -0.291. The molecule has 0 aliphatic carbocycles. The predicted octanol–water partition coefficient (Wildman–Crippen LogP) is 2.35. The van der Waals surface area contributed by atoms with Gasteiger partial charge in [-0.25, -0.2) is 8.42 Å². The molecule has 0 unspecified atom stereocenters. The molecule has 1 aromatic rings. The van der Waals surface area contributed by atoms with Crippen LogP contribution < -0.4 is 4.74 Å². The highest BCUT2D eigenvalue weighted by atomic mass is 35.5. The summed E-state index contributed by atoms with van der Waals surface area (Å²) in [5.74, 6) is -0.527. The van der Waals surface area contributed by atoms with Crippen LogP contribution in [0.1, 0.15) is 24.2 Å². The minimum atomic E-state index is -3.40. The molecule has 0 saturated heterocycles. The van der Waals surface area contributed by atoms with Crippen LogP contribution >= 0.6 is 11.6 Å². The number of rotatable bonds is 5. The van der Waals surface area contributed by atoms with Crippen LogP contribution in [0.15, 0.2) is 18.2 Å². The molecule has 0 aliphatic heterocycles. The molecule has 1 aromatic carbocycles. The third-order valence-electron chi connectivity index (χ3n) is 2.52. The molecule has 0 bridgehead atoms. The quantitative estimate of drug-likeness (QED) is 0.781. The van der Waals surface area contributed by atoms with Gasteiger partial charge in [-0.05, 0) is 32.0 Å². The van der Waals surface area contributed by atoms with Crippen molar-refractivity contribution in [3.63, 3.8) is 0 Å². The number of carbonyl (C=O) groups excluding carboxylic acids is 1. The lowest BCUT2D eigenvalue weighted by molar-refractivity contribution is 0.102. The standard InChI is InChI=1S/C12H15ClO4S/c1-8(2)18(15,16)7-11(14)9-4-5-12(17-3)10(13)6-9/h4-6,8H,7H2,1-3H3. The second kappa shape index (κ2) is 5.71. The van der Waals surface area contributed by atoms with Gasteiger partial charge in [-0.2, -0.15) is 0 Å². The van der Waals surface area contributed by atoms with Crippen molar-refractivity contribution in [3.05, 3.63) is 28.8 Å². The predicted molar refractivity (Wildman–Crippen MR) is 71.3 cm³/mol. The lowest BCUT2D eigenvalue weighted by Crippen LogP contribution is -2.23. The molecule has 0 radical (unpaired) electrons. The van der Waals surface area contributed by atoms with Crippen LogP contribution in [0, 0.1) is 0 Å². The molecule has 0 saturated carbocycles. The molecule has 18 heavy (non-hydrogen) atoms. The van der Waals surface area contributed by atoms with Gasteiger partial charge in [0.25, 0.3) is 0 Å². The minimum Gasteiger partial charge on any atom is -0.495 e. The number of carbonyl (C=O) groups is 1. The molecule has 0 N–H and O–H groups in total. The highest BCUT2D eigenvalue weighted by molar-refractivity contribution is 7.92. The van der Waals surface area contributed by atoms with Crippen molar-refractivity contribution in [2.24, 2.45) is 0 Å². The van der Waals surface area contributed by atoms with E-state index in [9.17, 15) is 13.2 Å². The molecule has 0 heterocycles. The van der Waals surface area contributed by atoms with Crippen molar-refractivity contribution in [1.82, 2.24) is 0 Å². The van der Waals surface area contributed by atoms with Gasteiger partial charge < -0.3 is 4.74 Å². The number of benzene rings is 1. The molecule has 0 fully saturated rings. The second-order valence-corrected chi connectivity index (χ2v) is 7.09. The summed E-state index contributed by atoms with van der Waals surface area (Å²) in [6, 6.07) is 4.46. The van der Waals surface area contributed by atoms with Crippen LogP contribution in [0.25, 0.3) is 0 Å². The zero-order valence-electron chi connectivity index (χ0n) is 10.4. The lowest BCUT2D eigenvalue weighted by Gasteiger charge is -2.08. The van der Waals surface area contributed by atoms with Crippen molar-refractivity contribution < 1.29 is 17.9 Å². The summed E-state index contributed by atoms with van der Waals surface area (Å²) < 4.78 is 28.2. The Balaban J connectivity index is 2.96. The molecule has 0 aliphatic rings. The van der Waals surface area contributed by atoms with E-state index in [0.717, 1.165) is 0 Å². The molecule has 0 atom stereocenters. The Morgan fingerprint density at radius 3 is 2.44 bits per heavy atom. The largest absolute Gasteiger partial charge is 0.495 e. The van der Waals surface area contributed by atoms with Gasteiger partial charge in [-0.1, -0.05) is 11.6 Å². The highest BCUT2D eigenvalue weighted by Gasteiger charge is 2.22. The normalized spacial score (nSPS) is 11.6. The van der Waals surface area contributed by atoms with E-state index >= 15 is 0 Å². The highest BCUT2D eigenvalue weighted by Crippen LogP contribution is 2.25. The Kier molecular flexibility index (Phi) is 4.76. The number of halogens is 1. The first-order valence-corrected chi connectivity index (χ1v) is 7.45. The van der Waals surface area contributed by atoms with E-state index in [-0.39, 0.29) is 10.6 Å². The average Bonchev–Trinajstić information content (AvgIpc) is 2.28. The number of ketones is 1. The van der Waals surface area contributed by atoms with Gasteiger partial charge in [0, 0.05) is 5.56 Å². The summed E-state index contributed by atoms with van der Waals surface area (Å²) in [5.41, 5.74) is 0.269. The van der Waals surface area contributed by atoms with Crippen LogP contribution in [0.4, 0.5) is 0 Å². The molecular formula is C12H15ClO4S. The molecule has 6 heteroatoms. The van der Waals surface area contributed by atoms with E-state index in [2.05, 4.69) is 0 Å². The fourth-order valence-corrected chi connectivity index (χ4v) is 2.40. The zero-order valence-corrected chi connectivity index (χ0v) is 12.0. The van der Waals surface area contributed by atoms with E-state index in [0.29, 0.717) is 5.75 Å². The van der Waals surface area contributed by atoms with E-state index in [1.165, 1.54) is 25.3 Å². The van der Waals surface area contributed by atoms with E-state index in [4.69, 9.17) is 16.3 Å². The maximum Gasteiger partial charge on any atom is 0.177 e. The first kappa shape index (κ1) is 15.0. The Morgan fingerprint density at radius 2 is 2.00 bits per heavy atom. The van der Waals surface area contributed by atoms with E-state index in [1.54, 1.807) is 13.8 Å². The van der Waals surface area contributed by atoms with E-state index in [1.807, 2.05) is 0 Å². The SMILES string of the molecule is COc1ccc(C(=O)CS(=O)(=O)C(C)C)cc1Cl. The average molecular weight is 291 g/mol. The van der Waals surface area contributed by atoms with Crippen molar-refractivity contribution >= 4 is 27.2 Å². The Hall–Kier alpha value is -1.07. The maximum absolute atomic E-state index is 11.8. The molecule has 100 valence electrons. The minimum absolute atomic E-state index is 0.269. The van der Waals surface area contributed by atoms with Crippen molar-refractivity contribution in [2.75, 3.05) is 12.9 Å². The zero-order chi connectivity index (χ0) is 13.9. The Bertz CT molecular complexity index is 549. The van der Waals surface area contributed by atoms with Crippen LogP contribution in [-0.4, -0.2) is 32.3 Å². The van der Waals surface area contributed by atoms with Gasteiger partial charge >= 0.3 is 0 Å². The molecule has 0 amide bonds. The number of Topliss-reactive ketones (excluding diaryl/α,β-unsaturated/α-hetero) is 1. The summed E-state index contributed by atoms with van der Waals surface area (Å²) in [6.07, 6.45) is 0.